The van der Waals surface area contributed by atoms with E-state index in [0.29, 0.717) is 12.8 Å². The zero-order chi connectivity index (χ0) is 40.8. The van der Waals surface area contributed by atoms with Crippen LogP contribution >= 0.6 is 0 Å². The predicted molar refractivity (Wildman–Crippen MR) is 237 cm³/mol. The van der Waals surface area contributed by atoms with Crippen LogP contribution in [-0.2, 0) is 28.6 Å². The molecular weight excluding hydrogens is 697 g/mol. The van der Waals surface area contributed by atoms with Gasteiger partial charge >= 0.3 is 17.9 Å². The largest absolute Gasteiger partial charge is 0.462 e. The molecule has 0 saturated carbocycles. The summed E-state index contributed by atoms with van der Waals surface area (Å²) in [5, 5.41) is 0. The summed E-state index contributed by atoms with van der Waals surface area (Å²) in [4.78, 5) is 37.5. The van der Waals surface area contributed by atoms with Crippen molar-refractivity contribution < 1.29 is 28.6 Å². The molecule has 0 aliphatic heterocycles. The van der Waals surface area contributed by atoms with E-state index in [1.807, 2.05) is 6.08 Å². The van der Waals surface area contributed by atoms with Gasteiger partial charge in [0, 0.05) is 12.8 Å². The van der Waals surface area contributed by atoms with Crippen molar-refractivity contribution in [3.63, 3.8) is 0 Å². The van der Waals surface area contributed by atoms with Gasteiger partial charge in [-0.15, -0.1) is 0 Å². The van der Waals surface area contributed by atoms with Crippen LogP contribution in [0.15, 0.2) is 85.1 Å². The first-order valence-corrected chi connectivity index (χ1v) is 22.6. The molecule has 0 fully saturated rings. The number of rotatable bonds is 39. The lowest BCUT2D eigenvalue weighted by atomic mass is 10.1. The van der Waals surface area contributed by atoms with Crippen LogP contribution in [0.2, 0.25) is 0 Å². The Balaban J connectivity index is 4.48. The molecule has 6 heteroatoms. The summed E-state index contributed by atoms with van der Waals surface area (Å²) in [6.07, 6.45) is 56.0. The first kappa shape index (κ1) is 52.6. The molecule has 0 bridgehead atoms. The molecule has 0 aliphatic carbocycles. The topological polar surface area (TPSA) is 78.9 Å². The predicted octanol–water partition coefficient (Wildman–Crippen LogP) is 14.5. The lowest BCUT2D eigenvalue weighted by Crippen LogP contribution is -2.30. The van der Waals surface area contributed by atoms with Gasteiger partial charge in [-0.1, -0.05) is 183 Å². The Kier molecular flexibility index (Phi) is 41.6. The smallest absolute Gasteiger partial charge is 0.310 e. The number of carbonyl (C=O) groups excluding carboxylic acids is 3. The van der Waals surface area contributed by atoms with Crippen LogP contribution in [0.5, 0.6) is 0 Å². The summed E-state index contributed by atoms with van der Waals surface area (Å²) in [6, 6.07) is 0. The highest BCUT2D eigenvalue weighted by Crippen LogP contribution is 2.12. The molecule has 0 saturated heterocycles. The average Bonchev–Trinajstić information content (AvgIpc) is 3.19. The number of allylic oxidation sites excluding steroid dienone is 13. The van der Waals surface area contributed by atoms with Crippen molar-refractivity contribution in [2.75, 3.05) is 13.2 Å². The normalized spacial score (nSPS) is 12.8. The quantitative estimate of drug-likeness (QED) is 0.0268. The fourth-order valence-electron chi connectivity index (χ4n) is 5.78. The zero-order valence-corrected chi connectivity index (χ0v) is 36.1. The molecule has 0 N–H and O–H groups in total. The van der Waals surface area contributed by atoms with Crippen LogP contribution in [0.3, 0.4) is 0 Å². The lowest BCUT2D eigenvalue weighted by molar-refractivity contribution is -0.166. The number of carbonyl (C=O) groups is 3. The van der Waals surface area contributed by atoms with Crippen molar-refractivity contribution in [2.45, 2.75) is 200 Å². The van der Waals surface area contributed by atoms with E-state index in [-0.39, 0.29) is 31.6 Å². The molecule has 1 atom stereocenters. The zero-order valence-electron chi connectivity index (χ0n) is 36.1. The summed E-state index contributed by atoms with van der Waals surface area (Å²) in [5.41, 5.74) is 0. The van der Waals surface area contributed by atoms with Crippen LogP contribution in [0.1, 0.15) is 194 Å². The van der Waals surface area contributed by atoms with E-state index in [2.05, 4.69) is 93.7 Å². The third-order valence-electron chi connectivity index (χ3n) is 9.17. The second kappa shape index (κ2) is 44.3. The van der Waals surface area contributed by atoms with Crippen molar-refractivity contribution in [3.8, 4) is 0 Å². The molecule has 56 heavy (non-hydrogen) atoms. The lowest BCUT2D eigenvalue weighted by Gasteiger charge is -2.18. The summed E-state index contributed by atoms with van der Waals surface area (Å²) < 4.78 is 16.5. The Morgan fingerprint density at radius 2 is 0.750 bits per heavy atom. The first-order chi connectivity index (χ1) is 27.5. The maximum Gasteiger partial charge on any atom is 0.310 e. The Labute approximate surface area is 344 Å². The van der Waals surface area contributed by atoms with E-state index in [1.54, 1.807) is 6.08 Å². The minimum Gasteiger partial charge on any atom is -0.462 e. The molecule has 0 radical (unpaired) electrons. The van der Waals surface area contributed by atoms with Gasteiger partial charge in [-0.25, -0.2) is 0 Å². The molecule has 0 aromatic carbocycles. The maximum absolute atomic E-state index is 12.6. The first-order valence-electron chi connectivity index (χ1n) is 22.6. The molecule has 6 nitrogen and oxygen atoms in total. The number of ether oxygens (including phenoxy) is 3. The molecule has 0 aliphatic rings. The number of unbranched alkanes of at least 4 members (excludes halogenated alkanes) is 15. The van der Waals surface area contributed by atoms with Crippen molar-refractivity contribution in [2.24, 2.45) is 0 Å². The molecule has 318 valence electrons. The van der Waals surface area contributed by atoms with Gasteiger partial charge in [0.25, 0.3) is 0 Å². The molecule has 1 unspecified atom stereocenters. The van der Waals surface area contributed by atoms with Crippen molar-refractivity contribution >= 4 is 17.9 Å². The Morgan fingerprint density at radius 1 is 0.393 bits per heavy atom. The minimum absolute atomic E-state index is 0.0932. The maximum atomic E-state index is 12.6. The van der Waals surface area contributed by atoms with Crippen LogP contribution in [0.4, 0.5) is 0 Å². The van der Waals surface area contributed by atoms with Gasteiger partial charge in [0.2, 0.25) is 0 Å². The summed E-state index contributed by atoms with van der Waals surface area (Å²) in [6.45, 7) is 6.34. The fourth-order valence-corrected chi connectivity index (χ4v) is 5.78. The minimum atomic E-state index is -0.832. The number of hydrogen-bond acceptors (Lipinski definition) is 6. The number of hydrogen-bond donors (Lipinski definition) is 0. The average molecular weight is 779 g/mol. The molecule has 0 heterocycles. The van der Waals surface area contributed by atoms with Gasteiger partial charge in [-0.3, -0.25) is 14.4 Å². The highest BCUT2D eigenvalue weighted by Gasteiger charge is 2.19. The van der Waals surface area contributed by atoms with E-state index in [9.17, 15) is 14.4 Å². The SMILES string of the molecule is CC/C=C\C/C=C\C/C=C\C/C=C\C/C=C\CC(=O)OC(COC(=O)CCCCCCC/C=C\C/C=C\CCCCCC)COC(=O)CCCCCCCCC. The van der Waals surface area contributed by atoms with Gasteiger partial charge in [0.1, 0.15) is 13.2 Å². The summed E-state index contributed by atoms with van der Waals surface area (Å²) in [7, 11) is 0. The molecular formula is C50H82O6. The second-order valence-corrected chi connectivity index (χ2v) is 14.6. The number of esters is 3. The van der Waals surface area contributed by atoms with Crippen LogP contribution in [-0.4, -0.2) is 37.2 Å². The second-order valence-electron chi connectivity index (χ2n) is 14.6. The Bertz CT molecular complexity index is 1120. The van der Waals surface area contributed by atoms with E-state index in [4.69, 9.17) is 14.2 Å². The van der Waals surface area contributed by atoms with Crippen molar-refractivity contribution in [1.82, 2.24) is 0 Å². The molecule has 0 amide bonds. The molecule has 0 aromatic rings. The molecule has 0 spiro atoms. The Hall–Kier alpha value is -3.41. The van der Waals surface area contributed by atoms with Gasteiger partial charge < -0.3 is 14.2 Å². The van der Waals surface area contributed by atoms with Gasteiger partial charge in [-0.05, 0) is 77.0 Å². The summed E-state index contributed by atoms with van der Waals surface area (Å²) in [5.74, 6) is -1.08. The van der Waals surface area contributed by atoms with Crippen molar-refractivity contribution in [1.29, 1.82) is 0 Å². The monoisotopic (exact) mass is 779 g/mol. The highest BCUT2D eigenvalue weighted by molar-refractivity contribution is 5.72. The fraction of sp³-hybridized carbons (Fsp3) is 0.660. The third kappa shape index (κ3) is 41.7. The standard InChI is InChI=1S/C50H82O6/c1-4-7-10-13-16-18-20-22-24-26-27-29-31-34-37-40-43-49(52)55-46-47(45-54-48(51)42-39-36-33-15-12-9-6-3)56-50(53)44-41-38-35-32-30-28-25-23-21-19-17-14-11-8-5-2/h8,11,17-20,23-26,30,32,38,41,47H,4-7,9-10,12-16,21-22,27-29,31,33-37,39-40,42-46H2,1-3H3/b11-8-,19-17-,20-18-,25-23-,26-24-,32-30-,41-38-. The van der Waals surface area contributed by atoms with E-state index in [1.165, 1.54) is 57.8 Å². The van der Waals surface area contributed by atoms with E-state index < -0.39 is 12.1 Å². The Morgan fingerprint density at radius 3 is 1.20 bits per heavy atom. The molecule has 0 aromatic heterocycles. The van der Waals surface area contributed by atoms with Crippen molar-refractivity contribution in [3.05, 3.63) is 85.1 Å². The van der Waals surface area contributed by atoms with Crippen LogP contribution in [0.25, 0.3) is 0 Å². The van der Waals surface area contributed by atoms with E-state index >= 15 is 0 Å². The third-order valence-corrected chi connectivity index (χ3v) is 9.17. The molecule has 0 rings (SSSR count). The van der Waals surface area contributed by atoms with Crippen LogP contribution < -0.4 is 0 Å². The van der Waals surface area contributed by atoms with Gasteiger partial charge in [-0.2, -0.15) is 0 Å². The van der Waals surface area contributed by atoms with Gasteiger partial charge in [0.05, 0.1) is 6.42 Å². The summed E-state index contributed by atoms with van der Waals surface area (Å²) >= 11 is 0. The highest BCUT2D eigenvalue weighted by atomic mass is 16.6. The van der Waals surface area contributed by atoms with E-state index in [0.717, 1.165) is 96.3 Å². The van der Waals surface area contributed by atoms with Crippen LogP contribution in [0, 0.1) is 0 Å². The van der Waals surface area contributed by atoms with Gasteiger partial charge in [0.15, 0.2) is 6.10 Å².